The van der Waals surface area contributed by atoms with Crippen LogP contribution in [0.4, 0.5) is 0 Å². The SMILES string of the molecule is CC(C)(C)C(=O)O.Cc1cc2c(C(C)C)c(O)c(O)c(C=O)c2c(O)c1-c1c(C)cc2c(C(C)C)c(O)c(O)c(C=O)c2c1O. The van der Waals surface area contributed by atoms with Gasteiger partial charge in [-0.1, -0.05) is 39.8 Å². The van der Waals surface area contributed by atoms with Gasteiger partial charge in [-0.3, -0.25) is 14.4 Å². The number of hydrogen-bond acceptors (Lipinski definition) is 9. The lowest BCUT2D eigenvalue weighted by atomic mass is 9.83. The predicted octanol–water partition coefficient (Wildman–Crippen LogP) is 7.50. The first-order valence-electron chi connectivity index (χ1n) is 14.4. The van der Waals surface area contributed by atoms with Gasteiger partial charge >= 0.3 is 5.97 Å². The minimum atomic E-state index is -0.757. The quantitative estimate of drug-likeness (QED) is 0.0867. The summed E-state index contributed by atoms with van der Waals surface area (Å²) in [4.78, 5) is 34.0. The minimum absolute atomic E-state index is 0.00512. The van der Waals surface area contributed by atoms with Crippen LogP contribution < -0.4 is 0 Å². The van der Waals surface area contributed by atoms with E-state index in [9.17, 15) is 45.0 Å². The van der Waals surface area contributed by atoms with Gasteiger partial charge in [0.25, 0.3) is 0 Å². The van der Waals surface area contributed by atoms with Crippen molar-refractivity contribution < 1.29 is 50.1 Å². The van der Waals surface area contributed by atoms with Gasteiger partial charge in [-0.2, -0.15) is 0 Å². The van der Waals surface area contributed by atoms with Gasteiger partial charge in [0.05, 0.1) is 16.5 Å². The third kappa shape index (κ3) is 5.68. The molecule has 10 nitrogen and oxygen atoms in total. The summed E-state index contributed by atoms with van der Waals surface area (Å²) in [5, 5.41) is 74.6. The number of phenolic OH excluding ortho intramolecular Hbond substituents is 6. The Morgan fingerprint density at radius 1 is 0.622 bits per heavy atom. The number of rotatable bonds is 5. The van der Waals surface area contributed by atoms with Crippen LogP contribution in [-0.4, -0.2) is 54.3 Å². The Morgan fingerprint density at radius 3 is 1.13 bits per heavy atom. The topological polar surface area (TPSA) is 193 Å². The van der Waals surface area contributed by atoms with E-state index in [-0.39, 0.29) is 44.9 Å². The summed E-state index contributed by atoms with van der Waals surface area (Å²) in [6.45, 7) is 15.5. The maximum absolute atomic E-state index is 12.0. The first-order chi connectivity index (χ1) is 20.7. The Bertz CT molecular complexity index is 1750. The molecule has 240 valence electrons. The molecule has 4 aromatic carbocycles. The average Bonchev–Trinajstić information content (AvgIpc) is 2.92. The van der Waals surface area contributed by atoms with Crippen LogP contribution in [-0.2, 0) is 4.79 Å². The van der Waals surface area contributed by atoms with Crippen LogP contribution in [0.25, 0.3) is 32.7 Å². The molecule has 0 unspecified atom stereocenters. The van der Waals surface area contributed by atoms with Crippen LogP contribution in [0.3, 0.4) is 0 Å². The van der Waals surface area contributed by atoms with E-state index >= 15 is 0 Å². The van der Waals surface area contributed by atoms with Crippen molar-refractivity contribution in [3.05, 3.63) is 45.5 Å². The van der Waals surface area contributed by atoms with Crippen molar-refractivity contribution in [1.29, 1.82) is 0 Å². The fourth-order valence-electron chi connectivity index (χ4n) is 5.60. The summed E-state index contributed by atoms with van der Waals surface area (Å²) in [5.74, 6) is -4.33. The molecule has 0 atom stereocenters. The van der Waals surface area contributed by atoms with E-state index < -0.39 is 45.9 Å². The first-order valence-corrected chi connectivity index (χ1v) is 14.4. The zero-order valence-corrected chi connectivity index (χ0v) is 26.8. The average molecular weight is 621 g/mol. The molecule has 10 heteroatoms. The summed E-state index contributed by atoms with van der Waals surface area (Å²) in [6.07, 6.45) is 0.682. The Hall–Kier alpha value is -4.99. The van der Waals surface area contributed by atoms with Crippen molar-refractivity contribution in [2.75, 3.05) is 0 Å². The fraction of sp³-hybridized carbons (Fsp3) is 0.343. The number of phenols is 6. The van der Waals surface area contributed by atoms with Crippen LogP contribution in [0, 0.1) is 19.3 Å². The molecule has 0 heterocycles. The van der Waals surface area contributed by atoms with E-state index in [1.54, 1.807) is 74.4 Å². The van der Waals surface area contributed by atoms with Crippen molar-refractivity contribution in [2.45, 2.75) is 74.1 Å². The van der Waals surface area contributed by atoms with Crippen molar-refractivity contribution in [1.82, 2.24) is 0 Å². The molecular weight excluding hydrogens is 580 g/mol. The lowest BCUT2D eigenvalue weighted by molar-refractivity contribution is -0.145. The van der Waals surface area contributed by atoms with Crippen LogP contribution in [0.15, 0.2) is 12.1 Å². The van der Waals surface area contributed by atoms with E-state index in [0.29, 0.717) is 45.6 Å². The molecule has 0 amide bonds. The molecule has 4 aromatic rings. The zero-order chi connectivity index (χ0) is 34.5. The number of aldehydes is 2. The summed E-state index contributed by atoms with van der Waals surface area (Å²) >= 11 is 0. The Labute approximate surface area is 260 Å². The molecule has 0 aromatic heterocycles. The van der Waals surface area contributed by atoms with Gasteiger partial charge in [0.1, 0.15) is 11.5 Å². The van der Waals surface area contributed by atoms with E-state index in [2.05, 4.69) is 0 Å². The molecule has 0 aliphatic heterocycles. The highest BCUT2D eigenvalue weighted by Gasteiger charge is 2.29. The minimum Gasteiger partial charge on any atom is -0.507 e. The lowest BCUT2D eigenvalue weighted by Gasteiger charge is -2.23. The molecule has 0 saturated heterocycles. The van der Waals surface area contributed by atoms with Crippen LogP contribution in [0.5, 0.6) is 34.5 Å². The fourth-order valence-corrected chi connectivity index (χ4v) is 5.60. The van der Waals surface area contributed by atoms with Crippen LogP contribution in [0.1, 0.15) is 103 Å². The molecule has 0 bridgehead atoms. The molecule has 0 spiro atoms. The highest BCUT2D eigenvalue weighted by Crippen LogP contribution is 2.54. The number of carbonyl (C=O) groups excluding carboxylic acids is 2. The summed E-state index contributed by atoms with van der Waals surface area (Å²) < 4.78 is 0. The second-order valence-corrected chi connectivity index (χ2v) is 12.8. The number of fused-ring (bicyclic) bond motifs is 2. The molecule has 0 fully saturated rings. The summed E-state index contributed by atoms with van der Waals surface area (Å²) in [7, 11) is 0. The Morgan fingerprint density at radius 2 is 0.911 bits per heavy atom. The van der Waals surface area contributed by atoms with Crippen LogP contribution >= 0.6 is 0 Å². The van der Waals surface area contributed by atoms with Gasteiger partial charge in [-0.25, -0.2) is 0 Å². The third-order valence-corrected chi connectivity index (χ3v) is 7.87. The second kappa shape index (κ2) is 12.2. The van der Waals surface area contributed by atoms with Gasteiger partial charge in [0.15, 0.2) is 35.6 Å². The van der Waals surface area contributed by atoms with Crippen molar-refractivity contribution >= 4 is 40.1 Å². The third-order valence-electron chi connectivity index (χ3n) is 7.87. The van der Waals surface area contributed by atoms with E-state index in [4.69, 9.17) is 5.11 Å². The molecule has 4 rings (SSSR count). The second-order valence-electron chi connectivity index (χ2n) is 12.8. The maximum atomic E-state index is 12.0. The van der Waals surface area contributed by atoms with Crippen molar-refractivity contribution in [3.8, 4) is 45.6 Å². The monoisotopic (exact) mass is 620 g/mol. The van der Waals surface area contributed by atoms with E-state index in [1.807, 2.05) is 0 Å². The number of hydrogen-bond donors (Lipinski definition) is 7. The molecule has 0 aliphatic carbocycles. The highest BCUT2D eigenvalue weighted by atomic mass is 16.4. The number of carbonyl (C=O) groups is 3. The van der Waals surface area contributed by atoms with Crippen LogP contribution in [0.2, 0.25) is 0 Å². The first kappa shape index (κ1) is 34.5. The van der Waals surface area contributed by atoms with Gasteiger partial charge in [-0.15, -0.1) is 0 Å². The molecule has 7 N–H and O–H groups in total. The van der Waals surface area contributed by atoms with Gasteiger partial charge in [0.2, 0.25) is 0 Å². The molecule has 45 heavy (non-hydrogen) atoms. The number of aliphatic carboxylic acids is 1. The van der Waals surface area contributed by atoms with Gasteiger partial charge in [-0.05, 0) is 68.4 Å². The van der Waals surface area contributed by atoms with Crippen molar-refractivity contribution in [3.63, 3.8) is 0 Å². The smallest absolute Gasteiger partial charge is 0.308 e. The Kier molecular flexibility index (Phi) is 9.34. The normalized spacial score (nSPS) is 11.6. The summed E-state index contributed by atoms with van der Waals surface area (Å²) in [6, 6.07) is 3.31. The standard InChI is InChI=1S/C30H30O8.C5H10O2/c1-11(2)19-15-7-13(5)21(27(35)23(15)17(9-31)25(33)29(19)37)22-14(6)8-16-20(12(3)4)30(38)26(34)18(10-32)24(16)28(22)36;1-5(2,3)4(6)7/h7-12,33-38H,1-6H3;1-3H3,(H,6,7). The van der Waals surface area contributed by atoms with E-state index in [1.165, 1.54) is 0 Å². The Balaban J connectivity index is 0.000000707. The molecule has 0 saturated carbocycles. The van der Waals surface area contributed by atoms with Crippen molar-refractivity contribution in [2.24, 2.45) is 5.41 Å². The molecule has 0 aliphatic rings. The largest absolute Gasteiger partial charge is 0.507 e. The van der Waals surface area contributed by atoms with Gasteiger partial charge in [0, 0.05) is 33.0 Å². The highest BCUT2D eigenvalue weighted by molar-refractivity contribution is 6.14. The number of benzene rings is 4. The predicted molar refractivity (Wildman–Crippen MR) is 172 cm³/mol. The summed E-state index contributed by atoms with van der Waals surface area (Å²) in [5.41, 5.74) is 0.748. The number of aromatic hydroxyl groups is 6. The lowest BCUT2D eigenvalue weighted by Crippen LogP contribution is -2.18. The zero-order valence-electron chi connectivity index (χ0n) is 26.8. The maximum Gasteiger partial charge on any atom is 0.308 e. The number of aryl methyl sites for hydroxylation is 2. The number of carboxylic acids is 1. The number of carboxylic acid groups (broad SMARTS) is 1. The molecule has 0 radical (unpaired) electrons. The molecular formula is C35H40O10. The van der Waals surface area contributed by atoms with Gasteiger partial charge < -0.3 is 35.7 Å². The van der Waals surface area contributed by atoms with E-state index in [0.717, 1.165) is 0 Å².